The Bertz CT molecular complexity index is 885. The van der Waals surface area contributed by atoms with Crippen LogP contribution < -0.4 is 0 Å². The van der Waals surface area contributed by atoms with Crippen LogP contribution in [0.25, 0.3) is 0 Å². The van der Waals surface area contributed by atoms with E-state index in [2.05, 4.69) is 19.1 Å². The molecule has 0 heterocycles. The smallest absolute Gasteiger partial charge is 0.175 e. The van der Waals surface area contributed by atoms with Crippen molar-refractivity contribution in [1.82, 2.24) is 4.90 Å². The normalized spacial score (nSPS) is 11.4. The van der Waals surface area contributed by atoms with E-state index in [1.807, 2.05) is 37.9 Å². The van der Waals surface area contributed by atoms with Gasteiger partial charge in [-0.25, -0.2) is 8.42 Å². The Morgan fingerprint density at radius 3 is 2.20 bits per heavy atom. The number of aryl methyl sites for hydroxylation is 2. The number of amidine groups is 1. The molecule has 0 saturated carbocycles. The van der Waals surface area contributed by atoms with Crippen LogP contribution in [0.3, 0.4) is 0 Å². The predicted octanol–water partition coefficient (Wildman–Crippen LogP) is 3.57. The molecule has 0 aliphatic rings. The average molecular weight is 359 g/mol. The topological polar surface area (TPSA) is 61.2 Å². The molecule has 0 aliphatic heterocycles. The van der Waals surface area contributed by atoms with Gasteiger partial charge < -0.3 is 4.90 Å². The maximum atomic E-state index is 11.6. The standard InChI is InChI=1S/C20H26N2O2S/c1-6-22(4)20(21)19-12-14(2)17(11-15(19)3)13-16-7-9-18(10-8-16)25(5,23)24/h7-12,21H,6,13H2,1-5H3. The third kappa shape index (κ3) is 4.48. The van der Waals surface area contributed by atoms with Gasteiger partial charge >= 0.3 is 0 Å². The van der Waals surface area contributed by atoms with E-state index < -0.39 is 9.84 Å². The monoisotopic (exact) mass is 358 g/mol. The molecule has 0 unspecified atom stereocenters. The van der Waals surface area contributed by atoms with Gasteiger partial charge in [-0.15, -0.1) is 0 Å². The molecule has 0 saturated heterocycles. The summed E-state index contributed by atoms with van der Waals surface area (Å²) in [6.45, 7) is 6.92. The first-order valence-corrected chi connectivity index (χ1v) is 10.2. The largest absolute Gasteiger partial charge is 0.360 e. The summed E-state index contributed by atoms with van der Waals surface area (Å²) >= 11 is 0. The first-order chi connectivity index (χ1) is 11.6. The van der Waals surface area contributed by atoms with Crippen LogP contribution in [0, 0.1) is 19.3 Å². The summed E-state index contributed by atoms with van der Waals surface area (Å²) in [6, 6.07) is 11.3. The van der Waals surface area contributed by atoms with Crippen LogP contribution in [0.5, 0.6) is 0 Å². The summed E-state index contributed by atoms with van der Waals surface area (Å²) in [5.41, 5.74) is 5.45. The molecule has 2 aromatic rings. The molecule has 4 nitrogen and oxygen atoms in total. The van der Waals surface area contributed by atoms with Crippen molar-refractivity contribution < 1.29 is 8.42 Å². The minimum Gasteiger partial charge on any atom is -0.360 e. The van der Waals surface area contributed by atoms with Crippen LogP contribution in [0.2, 0.25) is 0 Å². The van der Waals surface area contributed by atoms with E-state index in [1.165, 1.54) is 11.8 Å². The molecule has 5 heteroatoms. The number of sulfone groups is 1. The van der Waals surface area contributed by atoms with Gasteiger partial charge in [-0.2, -0.15) is 0 Å². The summed E-state index contributed by atoms with van der Waals surface area (Å²) in [5.74, 6) is 0.534. The summed E-state index contributed by atoms with van der Waals surface area (Å²) in [4.78, 5) is 2.27. The summed E-state index contributed by atoms with van der Waals surface area (Å²) in [6.07, 6.45) is 1.96. The minimum atomic E-state index is -3.16. The van der Waals surface area contributed by atoms with Crippen molar-refractivity contribution in [2.24, 2.45) is 0 Å². The Balaban J connectivity index is 2.29. The second kappa shape index (κ2) is 7.40. The quantitative estimate of drug-likeness (QED) is 0.656. The number of nitrogens with one attached hydrogen (secondary N) is 1. The fourth-order valence-corrected chi connectivity index (χ4v) is 3.39. The third-order valence-electron chi connectivity index (χ3n) is 4.54. The van der Waals surface area contributed by atoms with Gasteiger partial charge in [-0.3, -0.25) is 5.41 Å². The van der Waals surface area contributed by atoms with Gasteiger partial charge in [0.15, 0.2) is 9.84 Å². The number of hydrogen-bond acceptors (Lipinski definition) is 3. The lowest BCUT2D eigenvalue weighted by Gasteiger charge is -2.20. The second-order valence-electron chi connectivity index (χ2n) is 6.55. The van der Waals surface area contributed by atoms with Crippen molar-refractivity contribution in [3.05, 3.63) is 64.2 Å². The highest BCUT2D eigenvalue weighted by Crippen LogP contribution is 2.21. The van der Waals surface area contributed by atoms with E-state index in [4.69, 9.17) is 5.41 Å². The van der Waals surface area contributed by atoms with Crippen molar-refractivity contribution in [2.45, 2.75) is 32.1 Å². The maximum absolute atomic E-state index is 11.6. The molecule has 0 bridgehead atoms. The van der Waals surface area contributed by atoms with Gasteiger partial charge in [0.05, 0.1) is 4.90 Å². The summed E-state index contributed by atoms with van der Waals surface area (Å²) < 4.78 is 23.1. The summed E-state index contributed by atoms with van der Waals surface area (Å²) in [5, 5.41) is 8.32. The zero-order valence-corrected chi connectivity index (χ0v) is 16.4. The SMILES string of the molecule is CCN(C)C(=N)c1cc(C)c(Cc2ccc(S(C)(=O)=O)cc2)cc1C. The highest BCUT2D eigenvalue weighted by molar-refractivity contribution is 7.90. The Morgan fingerprint density at radius 1 is 1.08 bits per heavy atom. The van der Waals surface area contributed by atoms with Gasteiger partial charge in [0.25, 0.3) is 0 Å². The molecule has 2 aromatic carbocycles. The highest BCUT2D eigenvalue weighted by atomic mass is 32.2. The van der Waals surface area contributed by atoms with Crippen molar-refractivity contribution in [1.29, 1.82) is 5.41 Å². The third-order valence-corrected chi connectivity index (χ3v) is 5.67. The molecular weight excluding hydrogens is 332 g/mol. The van der Waals surface area contributed by atoms with Crippen LogP contribution in [0.1, 0.15) is 34.7 Å². The zero-order valence-electron chi connectivity index (χ0n) is 15.6. The molecule has 0 atom stereocenters. The van der Waals surface area contributed by atoms with E-state index in [-0.39, 0.29) is 0 Å². The molecular formula is C20H26N2O2S. The van der Waals surface area contributed by atoms with E-state index in [0.29, 0.717) is 10.7 Å². The fraction of sp³-hybridized carbons (Fsp3) is 0.350. The lowest BCUT2D eigenvalue weighted by atomic mass is 9.94. The molecule has 0 fully saturated rings. The van der Waals surface area contributed by atoms with Crippen molar-refractivity contribution in [3.8, 4) is 0 Å². The second-order valence-corrected chi connectivity index (χ2v) is 8.57. The lowest BCUT2D eigenvalue weighted by Crippen LogP contribution is -2.27. The van der Waals surface area contributed by atoms with Crippen LogP contribution in [-0.2, 0) is 16.3 Å². The van der Waals surface area contributed by atoms with Crippen LogP contribution in [0.15, 0.2) is 41.3 Å². The molecule has 134 valence electrons. The average Bonchev–Trinajstić information content (AvgIpc) is 2.56. The number of rotatable bonds is 5. The van der Waals surface area contributed by atoms with Gasteiger partial charge in [-0.05, 0) is 67.6 Å². The molecule has 0 amide bonds. The number of hydrogen-bond donors (Lipinski definition) is 1. The van der Waals surface area contributed by atoms with Gasteiger partial charge in [0, 0.05) is 25.4 Å². The van der Waals surface area contributed by atoms with Crippen LogP contribution >= 0.6 is 0 Å². The Morgan fingerprint density at radius 2 is 1.68 bits per heavy atom. The maximum Gasteiger partial charge on any atom is 0.175 e. The fourth-order valence-electron chi connectivity index (χ4n) is 2.76. The van der Waals surface area contributed by atoms with Gasteiger partial charge in [0.1, 0.15) is 5.84 Å². The summed E-state index contributed by atoms with van der Waals surface area (Å²) in [7, 11) is -1.24. The van der Waals surface area contributed by atoms with E-state index >= 15 is 0 Å². The molecule has 0 spiro atoms. The first kappa shape index (κ1) is 19.2. The van der Waals surface area contributed by atoms with Crippen LogP contribution in [0.4, 0.5) is 0 Å². The lowest BCUT2D eigenvalue weighted by molar-refractivity contribution is 0.532. The van der Waals surface area contributed by atoms with Gasteiger partial charge in [-0.1, -0.05) is 18.2 Å². The van der Waals surface area contributed by atoms with Crippen molar-refractivity contribution in [3.63, 3.8) is 0 Å². The molecule has 25 heavy (non-hydrogen) atoms. The molecule has 2 rings (SSSR count). The van der Waals surface area contributed by atoms with Gasteiger partial charge in [0.2, 0.25) is 0 Å². The van der Waals surface area contributed by atoms with Crippen LogP contribution in [-0.4, -0.2) is 39.0 Å². The van der Waals surface area contributed by atoms with Crippen molar-refractivity contribution >= 4 is 15.7 Å². The highest BCUT2D eigenvalue weighted by Gasteiger charge is 2.12. The number of benzene rings is 2. The zero-order chi connectivity index (χ0) is 18.8. The predicted molar refractivity (Wildman–Crippen MR) is 103 cm³/mol. The molecule has 0 aliphatic carbocycles. The molecule has 0 radical (unpaired) electrons. The van der Waals surface area contributed by atoms with E-state index in [1.54, 1.807) is 12.1 Å². The molecule has 0 aromatic heterocycles. The minimum absolute atomic E-state index is 0.343. The molecule has 1 N–H and O–H groups in total. The van der Waals surface area contributed by atoms with E-state index in [9.17, 15) is 8.42 Å². The number of nitrogens with zero attached hydrogens (tertiary/aromatic N) is 1. The Labute approximate surface area is 150 Å². The Hall–Kier alpha value is -2.14. The van der Waals surface area contributed by atoms with E-state index in [0.717, 1.165) is 35.2 Å². The van der Waals surface area contributed by atoms with Crippen molar-refractivity contribution in [2.75, 3.05) is 19.8 Å². The Kier molecular flexibility index (Phi) is 5.68. The first-order valence-electron chi connectivity index (χ1n) is 8.32.